The number of esters is 1. The molecule has 0 atom stereocenters. The molecule has 3 rings (SSSR count). The number of hydrogen-bond donors (Lipinski definition) is 2. The van der Waals surface area contributed by atoms with Gasteiger partial charge < -0.3 is 15.4 Å². The van der Waals surface area contributed by atoms with E-state index in [9.17, 15) is 9.59 Å². The van der Waals surface area contributed by atoms with Crippen molar-refractivity contribution in [3.05, 3.63) is 53.6 Å². The summed E-state index contributed by atoms with van der Waals surface area (Å²) >= 11 is 0. The van der Waals surface area contributed by atoms with Crippen LogP contribution < -0.4 is 10.6 Å². The second-order valence-electron chi connectivity index (χ2n) is 4.61. The highest BCUT2D eigenvalue weighted by Crippen LogP contribution is 2.32. The fourth-order valence-corrected chi connectivity index (χ4v) is 2.22. The van der Waals surface area contributed by atoms with E-state index in [1.807, 2.05) is 12.1 Å². The van der Waals surface area contributed by atoms with Gasteiger partial charge in [0.1, 0.15) is 0 Å². The Labute approximate surface area is 121 Å². The highest BCUT2D eigenvalue weighted by molar-refractivity contribution is 6.12. The average Bonchev–Trinajstić information content (AvgIpc) is 2.63. The summed E-state index contributed by atoms with van der Waals surface area (Å²) in [6.45, 7) is 2.06. The molecule has 21 heavy (non-hydrogen) atoms. The van der Waals surface area contributed by atoms with E-state index in [-0.39, 0.29) is 5.91 Å². The quantitative estimate of drug-likeness (QED) is 0.830. The number of anilines is 3. The minimum atomic E-state index is -0.406. The van der Waals surface area contributed by atoms with E-state index < -0.39 is 5.97 Å². The molecule has 0 spiro atoms. The summed E-state index contributed by atoms with van der Waals surface area (Å²) in [5, 5.41) is 6.00. The van der Waals surface area contributed by atoms with Crippen LogP contribution in [-0.2, 0) is 4.74 Å². The van der Waals surface area contributed by atoms with Crippen molar-refractivity contribution in [1.29, 1.82) is 0 Å². The molecule has 0 aromatic heterocycles. The molecular weight excluding hydrogens is 268 g/mol. The van der Waals surface area contributed by atoms with E-state index >= 15 is 0 Å². The number of fused-ring (bicyclic) bond motifs is 2. The lowest BCUT2D eigenvalue weighted by Gasteiger charge is -2.10. The number of carbonyl (C=O) groups excluding carboxylic acids is 2. The molecule has 1 aliphatic heterocycles. The van der Waals surface area contributed by atoms with E-state index in [4.69, 9.17) is 4.74 Å². The lowest BCUT2D eigenvalue weighted by molar-refractivity contribution is 0.0526. The Morgan fingerprint density at radius 2 is 1.86 bits per heavy atom. The zero-order chi connectivity index (χ0) is 14.8. The van der Waals surface area contributed by atoms with Crippen molar-refractivity contribution in [3.63, 3.8) is 0 Å². The number of amides is 1. The van der Waals surface area contributed by atoms with Gasteiger partial charge in [-0.25, -0.2) is 4.79 Å². The first-order chi connectivity index (χ1) is 10.2. The Morgan fingerprint density at radius 3 is 2.67 bits per heavy atom. The number of rotatable bonds is 2. The molecule has 0 bridgehead atoms. The number of benzene rings is 2. The first-order valence-corrected chi connectivity index (χ1v) is 6.67. The third-order valence-electron chi connectivity index (χ3n) is 3.22. The molecule has 2 N–H and O–H groups in total. The van der Waals surface area contributed by atoms with E-state index in [1.54, 1.807) is 37.3 Å². The molecule has 106 valence electrons. The number of ether oxygens (including phenoxy) is 1. The molecule has 2 aromatic rings. The summed E-state index contributed by atoms with van der Waals surface area (Å²) in [6.07, 6.45) is 0. The summed E-state index contributed by atoms with van der Waals surface area (Å²) in [7, 11) is 0. The largest absolute Gasteiger partial charge is 0.462 e. The SMILES string of the molecule is CCOC(=O)c1ccc2c(c1)NC(=O)c1ccccc1N2. The predicted molar refractivity (Wildman–Crippen MR) is 80.1 cm³/mol. The van der Waals surface area contributed by atoms with Crippen molar-refractivity contribution in [2.75, 3.05) is 17.2 Å². The zero-order valence-corrected chi connectivity index (χ0v) is 11.5. The van der Waals surface area contributed by atoms with Gasteiger partial charge in [0, 0.05) is 0 Å². The molecule has 1 heterocycles. The van der Waals surface area contributed by atoms with Crippen LogP contribution >= 0.6 is 0 Å². The standard InChI is InChI=1S/C16H14N2O3/c1-2-21-16(20)10-7-8-13-14(9-10)18-15(19)11-5-3-4-6-12(11)17-13/h3-9,17H,2H2,1H3,(H,18,19). The second-order valence-corrected chi connectivity index (χ2v) is 4.61. The van der Waals surface area contributed by atoms with E-state index in [0.29, 0.717) is 23.4 Å². The molecule has 2 aromatic carbocycles. The van der Waals surface area contributed by atoms with E-state index in [1.165, 1.54) is 0 Å². The summed E-state index contributed by atoms with van der Waals surface area (Å²) in [6, 6.07) is 12.3. The molecule has 5 nitrogen and oxygen atoms in total. The summed E-state index contributed by atoms with van der Waals surface area (Å²) < 4.78 is 4.97. The van der Waals surface area contributed by atoms with Crippen LogP contribution in [-0.4, -0.2) is 18.5 Å². The summed E-state index contributed by atoms with van der Waals surface area (Å²) in [5.74, 6) is -0.617. The molecule has 0 saturated carbocycles. The fraction of sp³-hybridized carbons (Fsp3) is 0.125. The molecule has 0 unspecified atom stereocenters. The second kappa shape index (κ2) is 5.28. The molecule has 1 amide bonds. The average molecular weight is 282 g/mol. The lowest BCUT2D eigenvalue weighted by atomic mass is 10.1. The number of hydrogen-bond acceptors (Lipinski definition) is 4. The Morgan fingerprint density at radius 1 is 1.05 bits per heavy atom. The van der Waals surface area contributed by atoms with E-state index in [2.05, 4.69) is 10.6 Å². The van der Waals surface area contributed by atoms with Crippen molar-refractivity contribution in [3.8, 4) is 0 Å². The Hall–Kier alpha value is -2.82. The molecule has 5 heteroatoms. The molecule has 0 fully saturated rings. The van der Waals surface area contributed by atoms with Gasteiger partial charge >= 0.3 is 5.97 Å². The van der Waals surface area contributed by atoms with Crippen molar-refractivity contribution in [1.82, 2.24) is 0 Å². The topological polar surface area (TPSA) is 67.4 Å². The van der Waals surface area contributed by atoms with Gasteiger partial charge in [-0.2, -0.15) is 0 Å². The van der Waals surface area contributed by atoms with Gasteiger partial charge in [0.25, 0.3) is 5.91 Å². The molecular formula is C16H14N2O3. The van der Waals surface area contributed by atoms with E-state index in [0.717, 1.165) is 11.4 Å². The van der Waals surface area contributed by atoms with Crippen LogP contribution in [0.25, 0.3) is 0 Å². The number of nitrogens with one attached hydrogen (secondary N) is 2. The molecule has 0 aliphatic carbocycles. The molecule has 1 aliphatic rings. The Balaban J connectivity index is 2.00. The Kier molecular flexibility index (Phi) is 3.31. The van der Waals surface area contributed by atoms with Crippen molar-refractivity contribution >= 4 is 28.9 Å². The van der Waals surface area contributed by atoms with Gasteiger partial charge in [0.05, 0.1) is 34.8 Å². The van der Waals surface area contributed by atoms with Crippen LogP contribution in [0.15, 0.2) is 42.5 Å². The predicted octanol–water partition coefficient (Wildman–Crippen LogP) is 3.17. The smallest absolute Gasteiger partial charge is 0.338 e. The maximum absolute atomic E-state index is 12.2. The van der Waals surface area contributed by atoms with Crippen LogP contribution in [0.3, 0.4) is 0 Å². The van der Waals surface area contributed by atoms with Crippen LogP contribution in [0, 0.1) is 0 Å². The minimum Gasteiger partial charge on any atom is -0.462 e. The van der Waals surface area contributed by atoms with Crippen LogP contribution in [0.4, 0.5) is 17.1 Å². The fourth-order valence-electron chi connectivity index (χ4n) is 2.22. The Bertz CT molecular complexity index is 725. The van der Waals surface area contributed by atoms with Crippen molar-refractivity contribution < 1.29 is 14.3 Å². The normalized spacial score (nSPS) is 12.3. The van der Waals surface area contributed by atoms with Gasteiger partial charge in [-0.3, -0.25) is 4.79 Å². The lowest BCUT2D eigenvalue weighted by Crippen LogP contribution is -2.11. The maximum atomic E-state index is 12.2. The minimum absolute atomic E-state index is 0.210. The third kappa shape index (κ3) is 2.45. The van der Waals surface area contributed by atoms with Crippen molar-refractivity contribution in [2.24, 2.45) is 0 Å². The first kappa shape index (κ1) is 13.2. The molecule has 0 radical (unpaired) electrons. The van der Waals surface area contributed by atoms with Gasteiger partial charge in [0.15, 0.2) is 0 Å². The van der Waals surface area contributed by atoms with Gasteiger partial charge in [0.2, 0.25) is 0 Å². The highest BCUT2D eigenvalue weighted by atomic mass is 16.5. The number of carbonyl (C=O) groups is 2. The van der Waals surface area contributed by atoms with Gasteiger partial charge in [-0.15, -0.1) is 0 Å². The first-order valence-electron chi connectivity index (χ1n) is 6.67. The third-order valence-corrected chi connectivity index (χ3v) is 3.22. The number of para-hydroxylation sites is 1. The maximum Gasteiger partial charge on any atom is 0.338 e. The van der Waals surface area contributed by atoms with Crippen LogP contribution in [0.5, 0.6) is 0 Å². The molecule has 0 saturated heterocycles. The van der Waals surface area contributed by atoms with Crippen LogP contribution in [0.2, 0.25) is 0 Å². The monoisotopic (exact) mass is 282 g/mol. The van der Waals surface area contributed by atoms with Crippen molar-refractivity contribution in [2.45, 2.75) is 6.92 Å². The van der Waals surface area contributed by atoms with Gasteiger partial charge in [-0.05, 0) is 37.3 Å². The van der Waals surface area contributed by atoms with Gasteiger partial charge in [-0.1, -0.05) is 12.1 Å². The summed E-state index contributed by atoms with van der Waals surface area (Å²) in [4.78, 5) is 24.0. The van der Waals surface area contributed by atoms with Crippen LogP contribution in [0.1, 0.15) is 27.6 Å². The summed E-state index contributed by atoms with van der Waals surface area (Å²) in [5.41, 5.74) is 3.00. The zero-order valence-electron chi connectivity index (χ0n) is 11.5. The highest BCUT2D eigenvalue weighted by Gasteiger charge is 2.19.